The van der Waals surface area contributed by atoms with Gasteiger partial charge in [0.05, 0.1) is 6.61 Å². The van der Waals surface area contributed by atoms with Crippen LogP contribution < -0.4 is 4.74 Å². The van der Waals surface area contributed by atoms with Crippen LogP contribution in [-0.4, -0.2) is 12.5 Å². The Morgan fingerprint density at radius 3 is 2.14 bits per heavy atom. The summed E-state index contributed by atoms with van der Waals surface area (Å²) in [4.78, 5) is 0. The van der Waals surface area contributed by atoms with Crippen molar-refractivity contribution in [2.24, 2.45) is 11.8 Å². The van der Waals surface area contributed by atoms with Crippen LogP contribution in [0.4, 0.5) is 22.0 Å². The molecule has 2 rings (SSSR count). The number of ether oxygens (including phenoxy) is 2. The van der Waals surface area contributed by atoms with Crippen molar-refractivity contribution < 1.29 is 31.4 Å². The minimum atomic E-state index is -4.78. The van der Waals surface area contributed by atoms with Crippen molar-refractivity contribution >= 4 is 0 Å². The fourth-order valence-electron chi connectivity index (χ4n) is 3.59. The van der Waals surface area contributed by atoms with Crippen LogP contribution in [-0.2, 0) is 11.3 Å². The lowest BCUT2D eigenvalue weighted by molar-refractivity contribution is -0.274. The molecule has 0 unspecified atom stereocenters. The van der Waals surface area contributed by atoms with Crippen LogP contribution in [0.15, 0.2) is 36.4 Å². The van der Waals surface area contributed by atoms with Crippen molar-refractivity contribution in [1.82, 2.24) is 0 Å². The van der Waals surface area contributed by atoms with E-state index < -0.39 is 18.2 Å². The van der Waals surface area contributed by atoms with E-state index in [0.717, 1.165) is 50.7 Å². The quantitative estimate of drug-likeness (QED) is 0.318. The molecule has 28 heavy (non-hydrogen) atoms. The number of benzene rings is 1. The SMILES string of the molecule is C/C=C/CCC1CCC(CC(F)(F)OCc2ccc(OC(F)(F)F)cc2)CC1. The lowest BCUT2D eigenvalue weighted by atomic mass is 9.78. The summed E-state index contributed by atoms with van der Waals surface area (Å²) in [5.74, 6) is 0.157. The van der Waals surface area contributed by atoms with Crippen LogP contribution in [0.3, 0.4) is 0 Å². The smallest absolute Gasteiger partial charge is 0.406 e. The summed E-state index contributed by atoms with van der Waals surface area (Å²) in [6, 6.07) is 4.73. The summed E-state index contributed by atoms with van der Waals surface area (Å²) in [5, 5.41) is 0. The summed E-state index contributed by atoms with van der Waals surface area (Å²) in [6.07, 6.45) is 1.47. The largest absolute Gasteiger partial charge is 0.573 e. The molecule has 1 saturated carbocycles. The maximum Gasteiger partial charge on any atom is 0.573 e. The highest BCUT2D eigenvalue weighted by Crippen LogP contribution is 2.38. The van der Waals surface area contributed by atoms with Crippen LogP contribution in [0.1, 0.15) is 57.4 Å². The van der Waals surface area contributed by atoms with Gasteiger partial charge in [-0.1, -0.05) is 37.1 Å². The molecule has 0 heterocycles. The molecule has 0 bridgehead atoms. The number of alkyl halides is 5. The fraction of sp³-hybridized carbons (Fsp3) is 0.619. The molecular formula is C21H27F5O2. The summed E-state index contributed by atoms with van der Waals surface area (Å²) in [6.45, 7) is 1.63. The summed E-state index contributed by atoms with van der Waals surface area (Å²) in [5.41, 5.74) is 0.363. The van der Waals surface area contributed by atoms with Gasteiger partial charge in [-0.15, -0.1) is 13.2 Å². The molecule has 0 spiro atoms. The van der Waals surface area contributed by atoms with Crippen LogP contribution in [0.5, 0.6) is 5.75 Å². The predicted octanol–water partition coefficient (Wildman–Crippen LogP) is 7.25. The third-order valence-corrected chi connectivity index (χ3v) is 5.08. The lowest BCUT2D eigenvalue weighted by Gasteiger charge is -2.30. The molecule has 1 aliphatic rings. The summed E-state index contributed by atoms with van der Waals surface area (Å²) < 4.78 is 73.1. The average Bonchev–Trinajstić information content (AvgIpc) is 2.61. The zero-order valence-electron chi connectivity index (χ0n) is 16.0. The van der Waals surface area contributed by atoms with Crippen molar-refractivity contribution in [2.75, 3.05) is 0 Å². The highest BCUT2D eigenvalue weighted by atomic mass is 19.4. The second-order valence-corrected chi connectivity index (χ2v) is 7.36. The Hall–Kier alpha value is -1.63. The van der Waals surface area contributed by atoms with Gasteiger partial charge in [0.2, 0.25) is 0 Å². The van der Waals surface area contributed by atoms with E-state index in [2.05, 4.69) is 10.8 Å². The summed E-state index contributed by atoms with van der Waals surface area (Å²) in [7, 11) is 0. The zero-order chi connectivity index (χ0) is 20.6. The number of rotatable bonds is 9. The Labute approximate surface area is 162 Å². The molecule has 0 aliphatic heterocycles. The van der Waals surface area contributed by atoms with E-state index in [9.17, 15) is 22.0 Å². The molecule has 2 nitrogen and oxygen atoms in total. The average molecular weight is 406 g/mol. The fourth-order valence-corrected chi connectivity index (χ4v) is 3.59. The molecule has 0 atom stereocenters. The minimum absolute atomic E-state index is 0.0597. The highest BCUT2D eigenvalue weighted by molar-refractivity contribution is 5.27. The van der Waals surface area contributed by atoms with E-state index in [1.807, 2.05) is 13.0 Å². The van der Waals surface area contributed by atoms with Crippen LogP contribution in [0, 0.1) is 11.8 Å². The van der Waals surface area contributed by atoms with Gasteiger partial charge >= 0.3 is 12.5 Å². The van der Waals surface area contributed by atoms with Gasteiger partial charge in [-0.2, -0.15) is 8.78 Å². The predicted molar refractivity (Wildman–Crippen MR) is 97.0 cm³/mol. The first-order valence-corrected chi connectivity index (χ1v) is 9.64. The zero-order valence-corrected chi connectivity index (χ0v) is 16.0. The molecule has 0 N–H and O–H groups in total. The molecule has 1 aliphatic carbocycles. The van der Waals surface area contributed by atoms with Gasteiger partial charge in [0.1, 0.15) is 5.75 Å². The topological polar surface area (TPSA) is 18.5 Å². The number of allylic oxidation sites excluding steroid dienone is 2. The third kappa shape index (κ3) is 8.59. The van der Waals surface area contributed by atoms with Crippen molar-refractivity contribution in [2.45, 2.75) is 70.9 Å². The molecule has 0 amide bonds. The van der Waals surface area contributed by atoms with Gasteiger partial charge < -0.3 is 9.47 Å². The van der Waals surface area contributed by atoms with E-state index in [4.69, 9.17) is 4.74 Å². The molecule has 1 fully saturated rings. The van der Waals surface area contributed by atoms with Gasteiger partial charge in [-0.25, -0.2) is 0 Å². The first-order chi connectivity index (χ1) is 13.2. The molecule has 1 aromatic carbocycles. The third-order valence-electron chi connectivity index (χ3n) is 5.08. The van der Waals surface area contributed by atoms with Gasteiger partial charge in [0.15, 0.2) is 0 Å². The van der Waals surface area contributed by atoms with Gasteiger partial charge in [-0.3, -0.25) is 0 Å². The molecule has 1 aromatic rings. The van der Waals surface area contributed by atoms with Crippen molar-refractivity contribution in [3.8, 4) is 5.75 Å². The number of hydrogen-bond acceptors (Lipinski definition) is 2. The van der Waals surface area contributed by atoms with Gasteiger partial charge in [-0.05, 0) is 62.1 Å². The Morgan fingerprint density at radius 1 is 0.964 bits per heavy atom. The van der Waals surface area contributed by atoms with E-state index in [1.54, 1.807) is 0 Å². The maximum atomic E-state index is 14.1. The first kappa shape index (κ1) is 22.7. The lowest BCUT2D eigenvalue weighted by Crippen LogP contribution is -2.27. The van der Waals surface area contributed by atoms with Crippen LogP contribution >= 0.6 is 0 Å². The molecular weight excluding hydrogens is 379 g/mol. The van der Waals surface area contributed by atoms with E-state index in [0.29, 0.717) is 11.5 Å². The Bertz CT molecular complexity index is 602. The van der Waals surface area contributed by atoms with Crippen LogP contribution in [0.2, 0.25) is 0 Å². The van der Waals surface area contributed by atoms with E-state index in [-0.39, 0.29) is 18.9 Å². The molecule has 0 saturated heterocycles. The molecule has 158 valence electrons. The van der Waals surface area contributed by atoms with Crippen molar-refractivity contribution in [3.05, 3.63) is 42.0 Å². The van der Waals surface area contributed by atoms with Gasteiger partial charge in [0, 0.05) is 6.42 Å². The first-order valence-electron chi connectivity index (χ1n) is 9.64. The molecule has 0 aromatic heterocycles. The second-order valence-electron chi connectivity index (χ2n) is 7.36. The highest BCUT2D eigenvalue weighted by Gasteiger charge is 2.35. The summed E-state index contributed by atoms with van der Waals surface area (Å²) >= 11 is 0. The van der Waals surface area contributed by atoms with E-state index in [1.165, 1.54) is 12.1 Å². The maximum absolute atomic E-state index is 14.1. The standard InChI is InChI=1S/C21H27F5O2/c1-2-3-4-5-16-6-8-17(9-7-16)14-20(22,23)27-15-18-10-12-19(13-11-18)28-21(24,25)26/h2-3,10-13,16-17H,4-9,14-15H2,1H3/b3-2+. The normalized spacial score (nSPS) is 21.2. The molecule has 0 radical (unpaired) electrons. The van der Waals surface area contributed by atoms with E-state index >= 15 is 0 Å². The number of halogens is 5. The van der Waals surface area contributed by atoms with Crippen LogP contribution in [0.25, 0.3) is 0 Å². The number of hydrogen-bond donors (Lipinski definition) is 0. The Balaban J connectivity index is 1.73. The molecule has 7 heteroatoms. The minimum Gasteiger partial charge on any atom is -0.406 e. The van der Waals surface area contributed by atoms with Crippen molar-refractivity contribution in [3.63, 3.8) is 0 Å². The Kier molecular flexibility index (Phi) is 8.28. The Morgan fingerprint density at radius 2 is 1.57 bits per heavy atom. The van der Waals surface area contributed by atoms with Gasteiger partial charge in [0.25, 0.3) is 0 Å². The monoisotopic (exact) mass is 406 g/mol. The van der Waals surface area contributed by atoms with Crippen molar-refractivity contribution in [1.29, 1.82) is 0 Å². The second kappa shape index (κ2) is 10.2.